The monoisotopic (exact) mass is 204 g/mol. The van der Waals surface area contributed by atoms with Crippen molar-refractivity contribution in [3.63, 3.8) is 0 Å². The fraction of sp³-hybridized carbons (Fsp3) is 0.571. The highest BCUT2D eigenvalue weighted by atomic mass is 16.3. The highest BCUT2D eigenvalue weighted by molar-refractivity contribution is 5.42. The van der Waals surface area contributed by atoms with E-state index in [1.807, 2.05) is 13.0 Å². The van der Waals surface area contributed by atoms with Crippen LogP contribution in [0.4, 0.5) is 0 Å². The molecule has 1 atom stereocenters. The van der Waals surface area contributed by atoms with Crippen molar-refractivity contribution in [1.29, 1.82) is 0 Å². The van der Waals surface area contributed by atoms with E-state index in [9.17, 15) is 5.11 Å². The van der Waals surface area contributed by atoms with E-state index < -0.39 is 0 Å². The van der Waals surface area contributed by atoms with E-state index in [0.717, 1.165) is 5.57 Å². The highest BCUT2D eigenvalue weighted by Gasteiger charge is 2.21. The third kappa shape index (κ3) is 2.01. The summed E-state index contributed by atoms with van der Waals surface area (Å²) in [6, 6.07) is 0. The van der Waals surface area contributed by atoms with Crippen molar-refractivity contribution in [2.24, 2.45) is 5.92 Å². The van der Waals surface area contributed by atoms with Gasteiger partial charge in [-0.05, 0) is 43.8 Å². The largest absolute Gasteiger partial charge is 0.511 e. The van der Waals surface area contributed by atoms with Crippen LogP contribution in [0.1, 0.15) is 46.0 Å². The van der Waals surface area contributed by atoms with Crippen molar-refractivity contribution in [3.8, 4) is 0 Å². The molecule has 0 aromatic heterocycles. The molecular formula is C14H20O. The van der Waals surface area contributed by atoms with Crippen LogP contribution in [0.25, 0.3) is 0 Å². The minimum Gasteiger partial charge on any atom is -0.511 e. The van der Waals surface area contributed by atoms with E-state index in [0.29, 0.717) is 5.76 Å². The third-order valence-corrected chi connectivity index (χ3v) is 3.66. The summed E-state index contributed by atoms with van der Waals surface area (Å²) in [6.07, 6.45) is 10.7. The van der Waals surface area contributed by atoms with Gasteiger partial charge in [0, 0.05) is 5.92 Å². The minimum atomic E-state index is 0.211. The summed E-state index contributed by atoms with van der Waals surface area (Å²) in [6.45, 7) is 4.09. The second-order valence-electron chi connectivity index (χ2n) is 4.74. The number of aliphatic hydroxyl groups is 1. The van der Waals surface area contributed by atoms with E-state index >= 15 is 0 Å². The average Bonchev–Trinajstić information content (AvgIpc) is 2.27. The van der Waals surface area contributed by atoms with Gasteiger partial charge in [-0.3, -0.25) is 0 Å². The summed E-state index contributed by atoms with van der Waals surface area (Å²) in [5.74, 6) is 0.772. The summed E-state index contributed by atoms with van der Waals surface area (Å²) < 4.78 is 0. The third-order valence-electron chi connectivity index (χ3n) is 3.66. The molecule has 0 spiro atoms. The van der Waals surface area contributed by atoms with Gasteiger partial charge in [0.1, 0.15) is 5.76 Å². The van der Waals surface area contributed by atoms with Crippen LogP contribution in [0.3, 0.4) is 0 Å². The summed E-state index contributed by atoms with van der Waals surface area (Å²) in [5, 5.41) is 9.94. The first-order chi connectivity index (χ1) is 7.20. The van der Waals surface area contributed by atoms with E-state index in [1.54, 1.807) is 5.57 Å². The van der Waals surface area contributed by atoms with Crippen molar-refractivity contribution >= 4 is 0 Å². The number of hydrogen-bond donors (Lipinski definition) is 1. The molecule has 0 radical (unpaired) electrons. The lowest BCUT2D eigenvalue weighted by Crippen LogP contribution is -2.11. The lowest BCUT2D eigenvalue weighted by molar-refractivity contribution is 0.352. The van der Waals surface area contributed by atoms with Crippen LogP contribution in [0, 0.1) is 5.92 Å². The Morgan fingerprint density at radius 3 is 2.47 bits per heavy atom. The molecule has 0 aliphatic heterocycles. The molecule has 0 bridgehead atoms. The maximum Gasteiger partial charge on any atom is 0.102 e. The molecule has 2 aliphatic rings. The maximum atomic E-state index is 9.94. The van der Waals surface area contributed by atoms with Crippen LogP contribution < -0.4 is 0 Å². The Kier molecular flexibility index (Phi) is 2.99. The molecule has 1 N–H and O–H groups in total. The van der Waals surface area contributed by atoms with Crippen LogP contribution in [-0.4, -0.2) is 5.11 Å². The van der Waals surface area contributed by atoms with Crippen LogP contribution in [0.5, 0.6) is 0 Å². The van der Waals surface area contributed by atoms with Gasteiger partial charge in [-0.2, -0.15) is 0 Å². The van der Waals surface area contributed by atoms with Gasteiger partial charge in [-0.1, -0.05) is 31.1 Å². The molecule has 82 valence electrons. The first kappa shape index (κ1) is 10.5. The van der Waals surface area contributed by atoms with E-state index in [2.05, 4.69) is 13.0 Å². The standard InChI is InChI=1S/C14H20O/c1-10-8-9-13(11(2)14(10)15)12-6-4-3-5-7-12/h8-9,11,15H,3-7H2,1-2H3. The van der Waals surface area contributed by atoms with Crippen LogP contribution >= 0.6 is 0 Å². The fourth-order valence-corrected chi connectivity index (χ4v) is 2.62. The molecule has 0 aromatic carbocycles. The van der Waals surface area contributed by atoms with Crippen molar-refractivity contribution in [2.45, 2.75) is 46.0 Å². The Morgan fingerprint density at radius 1 is 1.13 bits per heavy atom. The first-order valence-electron chi connectivity index (χ1n) is 6.00. The smallest absolute Gasteiger partial charge is 0.102 e. The molecule has 1 fully saturated rings. The number of rotatable bonds is 0. The molecule has 2 aliphatic carbocycles. The Morgan fingerprint density at radius 2 is 1.80 bits per heavy atom. The average molecular weight is 204 g/mol. The maximum absolute atomic E-state index is 9.94. The summed E-state index contributed by atoms with van der Waals surface area (Å²) in [5.41, 5.74) is 3.96. The summed E-state index contributed by atoms with van der Waals surface area (Å²) >= 11 is 0. The lowest BCUT2D eigenvalue weighted by Gasteiger charge is -2.24. The second kappa shape index (κ2) is 4.26. The highest BCUT2D eigenvalue weighted by Crippen LogP contribution is 2.35. The number of allylic oxidation sites excluding steroid dienone is 5. The second-order valence-corrected chi connectivity index (χ2v) is 4.74. The normalized spacial score (nSPS) is 27.5. The zero-order valence-electron chi connectivity index (χ0n) is 9.71. The van der Waals surface area contributed by atoms with Gasteiger partial charge in [0.15, 0.2) is 0 Å². The van der Waals surface area contributed by atoms with Gasteiger partial charge in [-0.15, -0.1) is 0 Å². The van der Waals surface area contributed by atoms with E-state index in [1.165, 1.54) is 37.7 Å². The fourth-order valence-electron chi connectivity index (χ4n) is 2.62. The SMILES string of the molecule is CC1=C(O)C(C)C(=C2CCCCC2)C=C1. The Balaban J connectivity index is 2.28. The van der Waals surface area contributed by atoms with Crippen molar-refractivity contribution in [2.75, 3.05) is 0 Å². The number of aliphatic hydroxyl groups excluding tert-OH is 1. The zero-order chi connectivity index (χ0) is 10.8. The quantitative estimate of drug-likeness (QED) is 0.624. The van der Waals surface area contributed by atoms with Crippen molar-refractivity contribution in [1.82, 2.24) is 0 Å². The lowest BCUT2D eigenvalue weighted by atomic mass is 9.82. The molecule has 0 amide bonds. The Hall–Kier alpha value is -0.980. The first-order valence-corrected chi connectivity index (χ1v) is 6.00. The summed E-state index contributed by atoms with van der Waals surface area (Å²) in [7, 11) is 0. The summed E-state index contributed by atoms with van der Waals surface area (Å²) in [4.78, 5) is 0. The van der Waals surface area contributed by atoms with Gasteiger partial charge in [0.25, 0.3) is 0 Å². The van der Waals surface area contributed by atoms with Gasteiger partial charge in [0.2, 0.25) is 0 Å². The molecule has 0 aromatic rings. The molecular weight excluding hydrogens is 184 g/mol. The van der Waals surface area contributed by atoms with Crippen LogP contribution in [-0.2, 0) is 0 Å². The predicted molar refractivity (Wildman–Crippen MR) is 63.7 cm³/mol. The van der Waals surface area contributed by atoms with Crippen LogP contribution in [0.15, 0.2) is 34.6 Å². The topological polar surface area (TPSA) is 20.2 Å². The molecule has 2 rings (SSSR count). The van der Waals surface area contributed by atoms with Crippen LogP contribution in [0.2, 0.25) is 0 Å². The Labute approximate surface area is 92.2 Å². The van der Waals surface area contributed by atoms with Gasteiger partial charge >= 0.3 is 0 Å². The molecule has 0 heterocycles. The molecule has 1 heteroatoms. The minimum absolute atomic E-state index is 0.211. The van der Waals surface area contributed by atoms with Crippen molar-refractivity contribution in [3.05, 3.63) is 34.6 Å². The molecule has 1 saturated carbocycles. The molecule has 1 nitrogen and oxygen atoms in total. The van der Waals surface area contributed by atoms with Gasteiger partial charge in [-0.25, -0.2) is 0 Å². The van der Waals surface area contributed by atoms with Gasteiger partial charge < -0.3 is 5.11 Å². The number of hydrogen-bond acceptors (Lipinski definition) is 1. The van der Waals surface area contributed by atoms with Crippen molar-refractivity contribution < 1.29 is 5.11 Å². The van der Waals surface area contributed by atoms with E-state index in [4.69, 9.17) is 0 Å². The molecule has 1 unspecified atom stereocenters. The van der Waals surface area contributed by atoms with E-state index in [-0.39, 0.29) is 5.92 Å². The Bertz CT molecular complexity index is 336. The zero-order valence-corrected chi connectivity index (χ0v) is 9.71. The predicted octanol–water partition coefficient (Wildman–Crippen LogP) is 4.29. The molecule has 15 heavy (non-hydrogen) atoms. The molecule has 0 saturated heterocycles. The van der Waals surface area contributed by atoms with Gasteiger partial charge in [0.05, 0.1) is 0 Å².